The van der Waals surface area contributed by atoms with Crippen molar-refractivity contribution in [2.75, 3.05) is 12.4 Å². The van der Waals surface area contributed by atoms with Gasteiger partial charge in [-0.1, -0.05) is 48.0 Å². The molecule has 3 aromatic rings. The minimum absolute atomic E-state index is 0.233. The number of nitrogens with one attached hydrogen (secondary N) is 1. The first kappa shape index (κ1) is 17.3. The summed E-state index contributed by atoms with van der Waals surface area (Å²) < 4.78 is 11.0. The zero-order chi connectivity index (χ0) is 18.4. The number of aryl methyl sites for hydroxylation is 1. The van der Waals surface area contributed by atoms with Crippen LogP contribution in [0.4, 0.5) is 5.88 Å². The summed E-state index contributed by atoms with van der Waals surface area (Å²) in [6.45, 7) is 2.60. The third kappa shape index (κ3) is 4.11. The standard InChI is InChI=1S/C21H19N3O2/c1-15-7-9-16(10-8-15)14-23-21-18(13-22)24-20(26-21)12-11-17-5-3-4-6-19(17)25-2/h3-12,23H,14H2,1-2H3/b12-11+. The molecular weight excluding hydrogens is 326 g/mol. The van der Waals surface area contributed by atoms with Gasteiger partial charge in [-0.3, -0.25) is 0 Å². The topological polar surface area (TPSA) is 71.1 Å². The van der Waals surface area contributed by atoms with E-state index in [9.17, 15) is 5.26 Å². The SMILES string of the molecule is COc1ccccc1/C=C/c1nc(C#N)c(NCc2ccc(C)cc2)o1. The van der Waals surface area contributed by atoms with Gasteiger partial charge >= 0.3 is 0 Å². The van der Waals surface area contributed by atoms with Gasteiger partial charge in [0, 0.05) is 18.2 Å². The molecule has 0 amide bonds. The molecule has 2 aromatic carbocycles. The van der Waals surface area contributed by atoms with Gasteiger partial charge in [0.1, 0.15) is 11.8 Å². The number of oxazole rings is 1. The number of hydrogen-bond donors (Lipinski definition) is 1. The van der Waals surface area contributed by atoms with Gasteiger partial charge in [0.15, 0.2) is 0 Å². The highest BCUT2D eigenvalue weighted by Crippen LogP contribution is 2.22. The van der Waals surface area contributed by atoms with E-state index in [0.717, 1.165) is 16.9 Å². The first-order valence-electron chi connectivity index (χ1n) is 8.21. The zero-order valence-corrected chi connectivity index (χ0v) is 14.7. The first-order chi connectivity index (χ1) is 12.7. The summed E-state index contributed by atoms with van der Waals surface area (Å²) in [5.41, 5.74) is 3.44. The van der Waals surface area contributed by atoms with Crippen molar-refractivity contribution in [1.82, 2.24) is 4.98 Å². The number of nitriles is 1. The molecule has 0 aliphatic carbocycles. The number of rotatable bonds is 6. The van der Waals surface area contributed by atoms with Crippen LogP contribution in [0.1, 0.15) is 28.3 Å². The molecule has 3 rings (SSSR count). The van der Waals surface area contributed by atoms with Gasteiger partial charge in [-0.05, 0) is 24.6 Å². The Balaban J connectivity index is 1.75. The summed E-state index contributed by atoms with van der Waals surface area (Å²) in [7, 11) is 1.62. The summed E-state index contributed by atoms with van der Waals surface area (Å²) in [6.07, 6.45) is 3.56. The number of benzene rings is 2. The predicted molar refractivity (Wildman–Crippen MR) is 102 cm³/mol. The van der Waals surface area contributed by atoms with Crippen molar-refractivity contribution >= 4 is 18.0 Å². The number of methoxy groups -OCH3 is 1. The minimum atomic E-state index is 0.233. The number of anilines is 1. The van der Waals surface area contributed by atoms with Crippen LogP contribution in [0.2, 0.25) is 0 Å². The molecule has 0 bridgehead atoms. The molecule has 1 N–H and O–H groups in total. The average molecular weight is 345 g/mol. The van der Waals surface area contributed by atoms with E-state index in [1.54, 1.807) is 13.2 Å². The molecule has 0 spiro atoms. The van der Waals surface area contributed by atoms with E-state index in [0.29, 0.717) is 18.3 Å². The number of para-hydroxylation sites is 1. The van der Waals surface area contributed by atoms with E-state index < -0.39 is 0 Å². The fourth-order valence-corrected chi connectivity index (χ4v) is 2.46. The van der Waals surface area contributed by atoms with E-state index in [2.05, 4.69) is 16.4 Å². The maximum atomic E-state index is 9.28. The van der Waals surface area contributed by atoms with E-state index in [4.69, 9.17) is 9.15 Å². The molecule has 0 aliphatic rings. The van der Waals surface area contributed by atoms with Crippen LogP contribution in [0.3, 0.4) is 0 Å². The Labute approximate surface area is 152 Å². The van der Waals surface area contributed by atoms with E-state index in [1.807, 2.05) is 61.5 Å². The van der Waals surface area contributed by atoms with Crippen molar-refractivity contribution in [3.63, 3.8) is 0 Å². The maximum Gasteiger partial charge on any atom is 0.232 e. The molecule has 0 fully saturated rings. The monoisotopic (exact) mass is 345 g/mol. The minimum Gasteiger partial charge on any atom is -0.496 e. The Kier molecular flexibility index (Phi) is 5.35. The maximum absolute atomic E-state index is 9.28. The fraction of sp³-hybridized carbons (Fsp3) is 0.143. The number of hydrogen-bond acceptors (Lipinski definition) is 5. The van der Waals surface area contributed by atoms with Crippen molar-refractivity contribution in [2.24, 2.45) is 0 Å². The highest BCUT2D eigenvalue weighted by Gasteiger charge is 2.11. The second-order valence-corrected chi connectivity index (χ2v) is 5.76. The molecule has 26 heavy (non-hydrogen) atoms. The van der Waals surface area contributed by atoms with Crippen molar-refractivity contribution < 1.29 is 9.15 Å². The number of aromatic nitrogens is 1. The Bertz CT molecular complexity index is 950. The van der Waals surface area contributed by atoms with Crippen molar-refractivity contribution in [3.05, 3.63) is 76.8 Å². The second-order valence-electron chi connectivity index (χ2n) is 5.76. The predicted octanol–water partition coefficient (Wildman–Crippen LogP) is 4.65. The highest BCUT2D eigenvalue weighted by atomic mass is 16.5. The fourth-order valence-electron chi connectivity index (χ4n) is 2.46. The van der Waals surface area contributed by atoms with Gasteiger partial charge in [-0.25, -0.2) is 0 Å². The molecule has 0 aliphatic heterocycles. The lowest BCUT2D eigenvalue weighted by Gasteiger charge is -2.03. The molecule has 0 atom stereocenters. The Morgan fingerprint density at radius 1 is 1.15 bits per heavy atom. The zero-order valence-electron chi connectivity index (χ0n) is 14.7. The summed E-state index contributed by atoms with van der Waals surface area (Å²) in [5, 5.41) is 12.4. The molecule has 5 heteroatoms. The molecular formula is C21H19N3O2. The van der Waals surface area contributed by atoms with Crippen molar-refractivity contribution in [3.8, 4) is 11.8 Å². The van der Waals surface area contributed by atoms with Crippen molar-refractivity contribution in [2.45, 2.75) is 13.5 Å². The second kappa shape index (κ2) is 8.04. The van der Waals surface area contributed by atoms with Crippen LogP contribution >= 0.6 is 0 Å². The third-order valence-corrected chi connectivity index (χ3v) is 3.87. The summed E-state index contributed by atoms with van der Waals surface area (Å²) in [6, 6.07) is 17.9. The van der Waals surface area contributed by atoms with E-state index in [1.165, 1.54) is 5.56 Å². The van der Waals surface area contributed by atoms with Crippen LogP contribution in [-0.4, -0.2) is 12.1 Å². The van der Waals surface area contributed by atoms with E-state index in [-0.39, 0.29) is 5.69 Å². The normalized spacial score (nSPS) is 10.7. The lowest BCUT2D eigenvalue weighted by atomic mass is 10.1. The van der Waals surface area contributed by atoms with Crippen LogP contribution in [0.15, 0.2) is 52.9 Å². The average Bonchev–Trinajstić information content (AvgIpc) is 3.08. The third-order valence-electron chi connectivity index (χ3n) is 3.87. The van der Waals surface area contributed by atoms with Crippen LogP contribution < -0.4 is 10.1 Å². The van der Waals surface area contributed by atoms with Gasteiger partial charge in [-0.2, -0.15) is 10.2 Å². The van der Waals surface area contributed by atoms with Crippen molar-refractivity contribution in [1.29, 1.82) is 5.26 Å². The largest absolute Gasteiger partial charge is 0.496 e. The van der Waals surface area contributed by atoms with Gasteiger partial charge in [0.05, 0.1) is 7.11 Å². The van der Waals surface area contributed by atoms with Gasteiger partial charge in [-0.15, -0.1) is 0 Å². The summed E-state index contributed by atoms with van der Waals surface area (Å²) in [4.78, 5) is 4.21. The molecule has 1 heterocycles. The van der Waals surface area contributed by atoms with Gasteiger partial charge < -0.3 is 14.5 Å². The number of ether oxygens (including phenoxy) is 1. The van der Waals surface area contributed by atoms with Crippen LogP contribution in [0, 0.1) is 18.3 Å². The van der Waals surface area contributed by atoms with Crippen LogP contribution in [-0.2, 0) is 6.54 Å². The first-order valence-corrected chi connectivity index (χ1v) is 8.21. The molecule has 0 unspecified atom stereocenters. The quantitative estimate of drug-likeness (QED) is 0.704. The Hall–Kier alpha value is -3.52. The molecule has 0 saturated heterocycles. The lowest BCUT2D eigenvalue weighted by Crippen LogP contribution is -1.99. The molecule has 1 aromatic heterocycles. The molecule has 130 valence electrons. The van der Waals surface area contributed by atoms with Gasteiger partial charge in [0.2, 0.25) is 17.5 Å². The highest BCUT2D eigenvalue weighted by molar-refractivity contribution is 5.70. The summed E-state index contributed by atoms with van der Waals surface area (Å²) in [5.74, 6) is 1.49. The molecule has 5 nitrogen and oxygen atoms in total. The van der Waals surface area contributed by atoms with Crippen LogP contribution in [0.25, 0.3) is 12.2 Å². The number of nitrogens with zero attached hydrogens (tertiary/aromatic N) is 2. The van der Waals surface area contributed by atoms with E-state index >= 15 is 0 Å². The molecule has 0 radical (unpaired) electrons. The Morgan fingerprint density at radius 2 is 1.92 bits per heavy atom. The molecule has 0 saturated carbocycles. The Morgan fingerprint density at radius 3 is 2.65 bits per heavy atom. The summed E-state index contributed by atoms with van der Waals surface area (Å²) >= 11 is 0. The lowest BCUT2D eigenvalue weighted by molar-refractivity contribution is 0.414. The van der Waals surface area contributed by atoms with Gasteiger partial charge in [0.25, 0.3) is 0 Å². The smallest absolute Gasteiger partial charge is 0.232 e. The van der Waals surface area contributed by atoms with Crippen LogP contribution in [0.5, 0.6) is 5.75 Å².